The van der Waals surface area contributed by atoms with Gasteiger partial charge in [-0.3, -0.25) is 9.98 Å². The van der Waals surface area contributed by atoms with Crippen molar-refractivity contribution in [1.82, 2.24) is 20.3 Å². The topological polar surface area (TPSA) is 95.5 Å². The minimum Gasteiger partial charge on any atom is -0.357 e. The van der Waals surface area contributed by atoms with Crippen LogP contribution in [0.5, 0.6) is 0 Å². The molecule has 0 saturated heterocycles. The van der Waals surface area contributed by atoms with Crippen LogP contribution in [0.15, 0.2) is 51.9 Å². The molecule has 136 valence electrons. The molecule has 0 aliphatic carbocycles. The first-order valence-electron chi connectivity index (χ1n) is 8.06. The van der Waals surface area contributed by atoms with E-state index in [-0.39, 0.29) is 11.4 Å². The first kappa shape index (κ1) is 19.4. The van der Waals surface area contributed by atoms with E-state index >= 15 is 0 Å². The number of aromatic nitrogens is 1. The molecule has 25 heavy (non-hydrogen) atoms. The van der Waals surface area contributed by atoms with Gasteiger partial charge in [-0.2, -0.15) is 0 Å². The molecule has 0 saturated carbocycles. The van der Waals surface area contributed by atoms with Crippen LogP contribution in [0, 0.1) is 0 Å². The van der Waals surface area contributed by atoms with Crippen LogP contribution >= 0.6 is 11.3 Å². The highest BCUT2D eigenvalue weighted by atomic mass is 32.2. The lowest BCUT2D eigenvalue weighted by atomic mass is 10.3. The Kier molecular flexibility index (Phi) is 7.83. The fourth-order valence-corrected chi connectivity index (χ4v) is 3.73. The maximum Gasteiger partial charge on any atom is 0.242 e. The van der Waals surface area contributed by atoms with Gasteiger partial charge >= 0.3 is 0 Å². The molecule has 0 aromatic carbocycles. The Morgan fingerprint density at radius 3 is 2.80 bits per heavy atom. The van der Waals surface area contributed by atoms with Gasteiger partial charge in [-0.1, -0.05) is 6.07 Å². The summed E-state index contributed by atoms with van der Waals surface area (Å²) in [5, 5.41) is 8.45. The summed E-state index contributed by atoms with van der Waals surface area (Å²) in [7, 11) is -3.54. The molecule has 2 heterocycles. The fourth-order valence-electron chi connectivity index (χ4n) is 2.04. The summed E-state index contributed by atoms with van der Waals surface area (Å²) in [6.45, 7) is 4.06. The first-order valence-corrected chi connectivity index (χ1v) is 10.4. The van der Waals surface area contributed by atoms with E-state index in [2.05, 4.69) is 36.8 Å². The van der Waals surface area contributed by atoms with Crippen molar-refractivity contribution in [3.8, 4) is 0 Å². The van der Waals surface area contributed by atoms with Gasteiger partial charge in [-0.05, 0) is 36.9 Å². The lowest BCUT2D eigenvalue weighted by molar-refractivity contribution is 0.581. The van der Waals surface area contributed by atoms with Crippen molar-refractivity contribution >= 4 is 27.3 Å². The summed E-state index contributed by atoms with van der Waals surface area (Å²) >= 11 is 1.73. The van der Waals surface area contributed by atoms with Gasteiger partial charge in [0, 0.05) is 36.9 Å². The van der Waals surface area contributed by atoms with E-state index in [1.165, 1.54) is 23.3 Å². The minimum atomic E-state index is -3.54. The van der Waals surface area contributed by atoms with E-state index in [1.54, 1.807) is 17.4 Å². The van der Waals surface area contributed by atoms with Gasteiger partial charge in [0.1, 0.15) is 4.90 Å². The maximum absolute atomic E-state index is 12.1. The summed E-state index contributed by atoms with van der Waals surface area (Å²) in [5.74, 6) is 0.680. The zero-order valence-electron chi connectivity index (χ0n) is 14.1. The maximum atomic E-state index is 12.1. The van der Waals surface area contributed by atoms with Gasteiger partial charge in [0.2, 0.25) is 10.0 Å². The molecule has 0 bridgehead atoms. The smallest absolute Gasteiger partial charge is 0.242 e. The molecule has 0 amide bonds. The number of aliphatic imine (C=N–C) groups is 1. The van der Waals surface area contributed by atoms with Crippen molar-refractivity contribution in [3.63, 3.8) is 0 Å². The van der Waals surface area contributed by atoms with Crippen molar-refractivity contribution in [2.24, 2.45) is 4.99 Å². The molecule has 0 fully saturated rings. The van der Waals surface area contributed by atoms with Crippen molar-refractivity contribution in [3.05, 3.63) is 46.9 Å². The summed E-state index contributed by atoms with van der Waals surface area (Å²) in [6.07, 6.45) is 3.78. The van der Waals surface area contributed by atoms with Crippen LogP contribution in [-0.4, -0.2) is 45.5 Å². The lowest BCUT2D eigenvalue weighted by Crippen LogP contribution is -2.39. The van der Waals surface area contributed by atoms with E-state index in [9.17, 15) is 8.42 Å². The second-order valence-corrected chi connectivity index (χ2v) is 7.90. The highest BCUT2D eigenvalue weighted by Crippen LogP contribution is 2.08. The summed E-state index contributed by atoms with van der Waals surface area (Å²) < 4.78 is 26.7. The molecule has 0 atom stereocenters. The molecular formula is C16H23N5O2S2. The molecule has 2 rings (SSSR count). The van der Waals surface area contributed by atoms with Gasteiger partial charge in [-0.25, -0.2) is 13.1 Å². The molecule has 0 aliphatic rings. The first-order chi connectivity index (χ1) is 12.1. The second-order valence-electron chi connectivity index (χ2n) is 5.10. The second kappa shape index (κ2) is 10.1. The number of nitrogens with zero attached hydrogens (tertiary/aromatic N) is 2. The van der Waals surface area contributed by atoms with Crippen LogP contribution in [0.4, 0.5) is 0 Å². The SMILES string of the molecule is CCNC(=NCCNS(=O)(=O)c1cccnc1)NCCc1cccs1. The van der Waals surface area contributed by atoms with Crippen LogP contribution < -0.4 is 15.4 Å². The molecule has 0 radical (unpaired) electrons. The Balaban J connectivity index is 1.78. The van der Waals surface area contributed by atoms with Crippen molar-refractivity contribution in [1.29, 1.82) is 0 Å². The number of nitrogens with one attached hydrogen (secondary N) is 3. The van der Waals surface area contributed by atoms with Gasteiger partial charge < -0.3 is 10.6 Å². The van der Waals surface area contributed by atoms with Crippen LogP contribution in [0.3, 0.4) is 0 Å². The van der Waals surface area contributed by atoms with E-state index in [0.717, 1.165) is 19.5 Å². The summed E-state index contributed by atoms with van der Waals surface area (Å²) in [5.41, 5.74) is 0. The minimum absolute atomic E-state index is 0.153. The number of guanidine groups is 1. The molecule has 0 unspecified atom stereocenters. The molecular weight excluding hydrogens is 358 g/mol. The predicted octanol–water partition coefficient (Wildman–Crippen LogP) is 1.22. The molecule has 0 aliphatic heterocycles. The van der Waals surface area contributed by atoms with Crippen molar-refractivity contribution in [2.45, 2.75) is 18.2 Å². The third-order valence-electron chi connectivity index (χ3n) is 3.21. The van der Waals surface area contributed by atoms with Gasteiger partial charge in [0.05, 0.1) is 6.54 Å². The number of sulfonamides is 1. The molecule has 3 N–H and O–H groups in total. The number of rotatable bonds is 9. The Hall–Kier alpha value is -1.97. The highest BCUT2D eigenvalue weighted by Gasteiger charge is 2.12. The molecule has 2 aromatic rings. The number of pyridine rings is 1. The number of hydrogen-bond donors (Lipinski definition) is 3. The van der Waals surface area contributed by atoms with Gasteiger partial charge in [0.25, 0.3) is 0 Å². The zero-order chi connectivity index (χ0) is 18.0. The van der Waals surface area contributed by atoms with Crippen LogP contribution in [0.25, 0.3) is 0 Å². The predicted molar refractivity (Wildman–Crippen MR) is 101 cm³/mol. The molecule has 2 aromatic heterocycles. The Morgan fingerprint density at radius 1 is 1.24 bits per heavy atom. The molecule has 9 heteroatoms. The largest absolute Gasteiger partial charge is 0.357 e. The standard InChI is InChI=1S/C16H23N5O2S2/c1-2-18-16(19-9-7-14-5-4-12-24-14)20-10-11-21-25(22,23)15-6-3-8-17-13-15/h3-6,8,12-13,21H,2,7,9-11H2,1H3,(H2,18,19,20). The summed E-state index contributed by atoms with van der Waals surface area (Å²) in [4.78, 5) is 9.67. The van der Waals surface area contributed by atoms with Crippen LogP contribution in [-0.2, 0) is 16.4 Å². The zero-order valence-corrected chi connectivity index (χ0v) is 15.7. The highest BCUT2D eigenvalue weighted by molar-refractivity contribution is 7.89. The van der Waals surface area contributed by atoms with E-state index in [1.807, 2.05) is 13.0 Å². The number of thiophene rings is 1. The third kappa shape index (κ3) is 6.81. The van der Waals surface area contributed by atoms with Gasteiger partial charge in [-0.15, -0.1) is 11.3 Å². The van der Waals surface area contributed by atoms with Crippen LogP contribution in [0.1, 0.15) is 11.8 Å². The average Bonchev–Trinajstić information content (AvgIpc) is 3.13. The van der Waals surface area contributed by atoms with Gasteiger partial charge in [0.15, 0.2) is 5.96 Å². The van der Waals surface area contributed by atoms with E-state index < -0.39 is 10.0 Å². The van der Waals surface area contributed by atoms with E-state index in [0.29, 0.717) is 12.5 Å². The Labute approximate surface area is 152 Å². The monoisotopic (exact) mass is 381 g/mol. The molecule has 0 spiro atoms. The van der Waals surface area contributed by atoms with Crippen LogP contribution in [0.2, 0.25) is 0 Å². The summed E-state index contributed by atoms with van der Waals surface area (Å²) in [6, 6.07) is 7.24. The van der Waals surface area contributed by atoms with Crippen molar-refractivity contribution in [2.75, 3.05) is 26.2 Å². The normalized spacial score (nSPS) is 12.1. The Bertz CT molecular complexity index is 746. The quantitative estimate of drug-likeness (QED) is 0.345. The fraction of sp³-hybridized carbons (Fsp3) is 0.375. The average molecular weight is 382 g/mol. The molecule has 7 nitrogen and oxygen atoms in total. The Morgan fingerprint density at radius 2 is 2.12 bits per heavy atom. The lowest BCUT2D eigenvalue weighted by Gasteiger charge is -2.11. The number of hydrogen-bond acceptors (Lipinski definition) is 5. The third-order valence-corrected chi connectivity index (χ3v) is 5.59. The van der Waals surface area contributed by atoms with Crippen molar-refractivity contribution < 1.29 is 8.42 Å². The van der Waals surface area contributed by atoms with E-state index in [4.69, 9.17) is 0 Å².